The summed E-state index contributed by atoms with van der Waals surface area (Å²) in [6.45, 7) is 1.74. The molecule has 1 amide bonds. The maximum absolute atomic E-state index is 12.2. The Bertz CT molecular complexity index is 554. The number of piperidine rings is 1. The van der Waals surface area contributed by atoms with Crippen molar-refractivity contribution in [1.82, 2.24) is 4.90 Å². The molecule has 1 aromatic rings. The Morgan fingerprint density at radius 2 is 2.00 bits per heavy atom. The van der Waals surface area contributed by atoms with Crippen molar-refractivity contribution in [3.63, 3.8) is 0 Å². The normalized spacial score (nSPS) is 33.4. The van der Waals surface area contributed by atoms with E-state index in [-0.39, 0.29) is 17.9 Å². The minimum atomic E-state index is -0.887. The number of fused-ring (bicyclic) bond motifs is 2. The van der Waals surface area contributed by atoms with E-state index in [9.17, 15) is 14.7 Å². The fourth-order valence-electron chi connectivity index (χ4n) is 3.50. The summed E-state index contributed by atoms with van der Waals surface area (Å²) in [5, 5.41) is 9.51. The van der Waals surface area contributed by atoms with E-state index in [1.165, 1.54) is 0 Å². The van der Waals surface area contributed by atoms with Crippen LogP contribution in [-0.2, 0) is 9.59 Å². The predicted octanol–water partition coefficient (Wildman–Crippen LogP) is 1.78. The van der Waals surface area contributed by atoms with Gasteiger partial charge in [-0.2, -0.15) is 0 Å². The first kappa shape index (κ1) is 11.3. The minimum absolute atomic E-state index is 0.0393. The minimum Gasteiger partial charge on any atom is -0.481 e. The largest absolute Gasteiger partial charge is 0.481 e. The molecule has 0 aromatic heterocycles. The SMILES string of the molecule is CN1C(=O)[C@H]2C[C@](C)(C(=O)O)C1c1ccccc12. The molecule has 2 aliphatic heterocycles. The average molecular weight is 245 g/mol. The number of carboxylic acid groups (broad SMARTS) is 1. The highest BCUT2D eigenvalue weighted by atomic mass is 16.4. The van der Waals surface area contributed by atoms with E-state index in [1.54, 1.807) is 18.9 Å². The molecule has 18 heavy (non-hydrogen) atoms. The van der Waals surface area contributed by atoms with Gasteiger partial charge in [-0.1, -0.05) is 24.3 Å². The Labute approximate surface area is 105 Å². The lowest BCUT2D eigenvalue weighted by Crippen LogP contribution is -2.56. The van der Waals surface area contributed by atoms with E-state index in [4.69, 9.17) is 0 Å². The molecule has 1 fully saturated rings. The van der Waals surface area contributed by atoms with Gasteiger partial charge in [0.15, 0.2) is 0 Å². The molecule has 1 aromatic carbocycles. The second kappa shape index (κ2) is 3.34. The zero-order valence-corrected chi connectivity index (χ0v) is 10.4. The molecule has 1 unspecified atom stereocenters. The van der Waals surface area contributed by atoms with E-state index in [0.717, 1.165) is 11.1 Å². The Balaban J connectivity index is 2.25. The van der Waals surface area contributed by atoms with E-state index in [2.05, 4.69) is 0 Å². The fraction of sp³-hybridized carbons (Fsp3) is 0.429. The lowest BCUT2D eigenvalue weighted by atomic mass is 9.61. The number of hydrogen-bond donors (Lipinski definition) is 1. The van der Waals surface area contributed by atoms with Crippen LogP contribution in [0.2, 0.25) is 0 Å². The van der Waals surface area contributed by atoms with Crippen LogP contribution in [0.15, 0.2) is 24.3 Å². The van der Waals surface area contributed by atoms with Crippen molar-refractivity contribution >= 4 is 11.9 Å². The second-order valence-electron chi connectivity index (χ2n) is 5.46. The summed E-state index contributed by atoms with van der Waals surface area (Å²) in [6, 6.07) is 7.34. The molecule has 1 N–H and O–H groups in total. The molecule has 2 heterocycles. The lowest BCUT2D eigenvalue weighted by Gasteiger charge is -2.52. The van der Waals surface area contributed by atoms with Crippen molar-refractivity contribution in [2.24, 2.45) is 5.41 Å². The molecular formula is C14H15NO3. The highest BCUT2D eigenvalue weighted by Gasteiger charge is 2.57. The van der Waals surface area contributed by atoms with Gasteiger partial charge < -0.3 is 10.0 Å². The van der Waals surface area contributed by atoms with Crippen LogP contribution in [0.5, 0.6) is 0 Å². The summed E-state index contributed by atoms with van der Waals surface area (Å²) in [6.07, 6.45) is 0.396. The number of carbonyl (C=O) groups is 2. The zero-order valence-electron chi connectivity index (χ0n) is 10.4. The van der Waals surface area contributed by atoms with Gasteiger partial charge in [-0.05, 0) is 24.5 Å². The topological polar surface area (TPSA) is 57.6 Å². The number of carbonyl (C=O) groups excluding carboxylic acids is 1. The maximum atomic E-state index is 12.2. The van der Waals surface area contributed by atoms with Crippen LogP contribution >= 0.6 is 0 Å². The van der Waals surface area contributed by atoms with Gasteiger partial charge in [0.2, 0.25) is 5.91 Å². The van der Waals surface area contributed by atoms with Gasteiger partial charge in [0.25, 0.3) is 0 Å². The lowest BCUT2D eigenvalue weighted by molar-refractivity contribution is -0.164. The summed E-state index contributed by atoms with van der Waals surface area (Å²) in [7, 11) is 1.70. The Hall–Kier alpha value is -1.84. The molecule has 4 nitrogen and oxygen atoms in total. The molecule has 1 aliphatic carbocycles. The van der Waals surface area contributed by atoms with Crippen molar-refractivity contribution < 1.29 is 14.7 Å². The smallest absolute Gasteiger partial charge is 0.311 e. The number of amides is 1. The van der Waals surface area contributed by atoms with Crippen LogP contribution in [-0.4, -0.2) is 28.9 Å². The Kier molecular flexibility index (Phi) is 2.09. The molecule has 0 radical (unpaired) electrons. The van der Waals surface area contributed by atoms with Gasteiger partial charge in [0.05, 0.1) is 17.4 Å². The average Bonchev–Trinajstić information content (AvgIpc) is 2.34. The molecular weight excluding hydrogens is 230 g/mol. The van der Waals surface area contributed by atoms with Gasteiger partial charge in [0.1, 0.15) is 0 Å². The van der Waals surface area contributed by atoms with E-state index >= 15 is 0 Å². The number of benzene rings is 1. The summed E-state index contributed by atoms with van der Waals surface area (Å²) in [5.41, 5.74) is 1.10. The molecule has 94 valence electrons. The van der Waals surface area contributed by atoms with Crippen molar-refractivity contribution in [2.75, 3.05) is 7.05 Å². The maximum Gasteiger partial charge on any atom is 0.311 e. The molecule has 3 atom stereocenters. The van der Waals surface area contributed by atoms with Gasteiger partial charge in [-0.25, -0.2) is 0 Å². The number of likely N-dealkylation sites (N-methyl/N-ethyl adjacent to an activating group) is 1. The number of aliphatic carboxylic acids is 1. The third-order valence-electron chi connectivity index (χ3n) is 4.42. The number of carboxylic acids is 1. The summed E-state index contributed by atoms with van der Waals surface area (Å²) in [5.74, 6) is -1.10. The van der Waals surface area contributed by atoms with Crippen molar-refractivity contribution in [3.8, 4) is 0 Å². The van der Waals surface area contributed by atoms with Gasteiger partial charge >= 0.3 is 5.97 Å². The van der Waals surface area contributed by atoms with Gasteiger partial charge in [0, 0.05) is 7.05 Å². The van der Waals surface area contributed by atoms with Crippen molar-refractivity contribution in [3.05, 3.63) is 35.4 Å². The van der Waals surface area contributed by atoms with Crippen molar-refractivity contribution in [1.29, 1.82) is 0 Å². The van der Waals surface area contributed by atoms with Crippen LogP contribution < -0.4 is 0 Å². The first-order valence-corrected chi connectivity index (χ1v) is 6.05. The number of rotatable bonds is 1. The quantitative estimate of drug-likeness (QED) is 0.820. The zero-order chi connectivity index (χ0) is 13.1. The monoisotopic (exact) mass is 245 g/mol. The van der Waals surface area contributed by atoms with E-state index in [1.807, 2.05) is 24.3 Å². The van der Waals surface area contributed by atoms with Crippen LogP contribution in [0.1, 0.15) is 36.4 Å². The van der Waals surface area contributed by atoms with Crippen LogP contribution in [0, 0.1) is 5.41 Å². The van der Waals surface area contributed by atoms with Crippen LogP contribution in [0.3, 0.4) is 0 Å². The molecule has 1 saturated heterocycles. The van der Waals surface area contributed by atoms with Crippen LogP contribution in [0.25, 0.3) is 0 Å². The molecule has 3 aliphatic rings. The number of nitrogens with zero attached hydrogens (tertiary/aromatic N) is 1. The predicted molar refractivity (Wildman–Crippen MR) is 65.1 cm³/mol. The molecule has 4 heteroatoms. The molecule has 0 spiro atoms. The Morgan fingerprint density at radius 1 is 1.39 bits per heavy atom. The second-order valence-corrected chi connectivity index (χ2v) is 5.46. The first-order valence-electron chi connectivity index (χ1n) is 6.05. The van der Waals surface area contributed by atoms with Crippen molar-refractivity contribution in [2.45, 2.75) is 25.3 Å². The van der Waals surface area contributed by atoms with E-state index < -0.39 is 11.4 Å². The third kappa shape index (κ3) is 1.15. The fourth-order valence-corrected chi connectivity index (χ4v) is 3.50. The number of hydrogen-bond acceptors (Lipinski definition) is 2. The van der Waals surface area contributed by atoms with E-state index in [0.29, 0.717) is 6.42 Å². The standard InChI is InChI=1S/C14H15NO3/c1-14(13(17)18)7-10-8-5-3-4-6-9(8)11(14)15(2)12(10)16/h3-6,10-11H,7H2,1-2H3,(H,17,18)/t10-,11?,14-/m0/s1. The summed E-state index contributed by atoms with van der Waals surface area (Å²) < 4.78 is 0. The first-order chi connectivity index (χ1) is 8.47. The van der Waals surface area contributed by atoms with Gasteiger partial charge in [-0.15, -0.1) is 0 Å². The Morgan fingerprint density at radius 3 is 2.61 bits per heavy atom. The highest BCUT2D eigenvalue weighted by molar-refractivity contribution is 5.91. The summed E-state index contributed by atoms with van der Waals surface area (Å²) in [4.78, 5) is 25.4. The molecule has 0 saturated carbocycles. The third-order valence-corrected chi connectivity index (χ3v) is 4.42. The van der Waals surface area contributed by atoms with Gasteiger partial charge in [-0.3, -0.25) is 9.59 Å². The highest BCUT2D eigenvalue weighted by Crippen LogP contribution is 2.56. The molecule has 2 bridgehead atoms. The van der Waals surface area contributed by atoms with Crippen LogP contribution in [0.4, 0.5) is 0 Å². The molecule has 4 rings (SSSR count). The summed E-state index contributed by atoms with van der Waals surface area (Å²) >= 11 is 0.